The average molecular weight is 216 g/mol. The summed E-state index contributed by atoms with van der Waals surface area (Å²) in [6.45, 7) is -0.729. The number of rotatable bonds is 2. The average Bonchev–Trinajstić information content (AvgIpc) is 1.83. The molecule has 7 nitrogen and oxygen atoms in total. The molecule has 74 valence electrons. The molecule has 0 rings (SSSR count). The Hall–Kier alpha value is 0.756. The van der Waals surface area contributed by atoms with Gasteiger partial charge < -0.3 is 32.9 Å². The maximum absolute atomic E-state index is 8.88. The molecule has 0 unspecified atom stereocenters. The molecule has 0 radical (unpaired) electrons. The Kier molecular flexibility index (Phi) is 15.2. The van der Waals surface area contributed by atoms with Crippen molar-refractivity contribution in [3.05, 3.63) is 0 Å². The molecule has 0 bridgehead atoms. The van der Waals surface area contributed by atoms with Gasteiger partial charge in [-0.15, -0.1) is 0 Å². The molecule has 0 aliphatic rings. The Balaban J connectivity index is -0.0000000321. The van der Waals surface area contributed by atoms with Gasteiger partial charge in [-0.05, 0) is 0 Å². The van der Waals surface area contributed by atoms with Crippen LogP contribution in [0.25, 0.3) is 0 Å². The van der Waals surface area contributed by atoms with Crippen molar-refractivity contribution >= 4 is 30.9 Å². The van der Waals surface area contributed by atoms with Crippen LogP contribution in [-0.2, 0) is 4.57 Å². The fourth-order valence-corrected chi connectivity index (χ4v) is 0.0577. The van der Waals surface area contributed by atoms with E-state index in [2.05, 4.69) is 0 Å². The van der Waals surface area contributed by atoms with Crippen LogP contribution in [0, 0.1) is 0 Å². The summed E-state index contributed by atoms with van der Waals surface area (Å²) in [7, 11) is -4.64. The molecule has 0 aliphatic carbocycles. The molecule has 0 heterocycles. The first-order valence-electron chi connectivity index (χ1n) is 2.49. The van der Waals surface area contributed by atoms with Gasteiger partial charge in [-0.3, -0.25) is 0 Å². The van der Waals surface area contributed by atoms with E-state index in [4.69, 9.17) is 34.6 Å². The van der Waals surface area contributed by atoms with E-state index in [0.717, 1.165) is 0 Å². The minimum atomic E-state index is -4.64. The van der Waals surface area contributed by atoms with E-state index in [1.807, 2.05) is 0 Å². The molecule has 6 N–H and O–H groups in total. The Morgan fingerprint density at radius 2 is 1.33 bits per heavy atom. The van der Waals surface area contributed by atoms with E-state index in [1.165, 1.54) is 0 Å². The molecule has 0 amide bonds. The molecule has 12 heavy (non-hydrogen) atoms. The van der Waals surface area contributed by atoms with Crippen LogP contribution in [0.4, 0.5) is 0 Å². The second-order valence-electron chi connectivity index (χ2n) is 1.53. The van der Waals surface area contributed by atoms with Crippen molar-refractivity contribution in [3.8, 4) is 0 Å². The number of aliphatic hydroxyl groups excluding tert-OH is 3. The van der Waals surface area contributed by atoms with Gasteiger partial charge in [0.15, 0.2) is 0 Å². The van der Waals surface area contributed by atoms with Gasteiger partial charge in [0.2, 0.25) is 0 Å². The first-order chi connectivity index (χ1) is 4.81. The second-order valence-corrected chi connectivity index (χ2v) is 2.56. The van der Waals surface area contributed by atoms with Crippen molar-refractivity contribution in [2.45, 2.75) is 6.10 Å². The molecule has 0 aromatic heterocycles. The first kappa shape index (κ1) is 18.5. The fourth-order valence-electron chi connectivity index (χ4n) is 0.0577. The van der Waals surface area contributed by atoms with Gasteiger partial charge in [-0.2, -0.15) is 0 Å². The molecule has 0 aliphatic heterocycles. The third-order valence-electron chi connectivity index (χ3n) is 0.421. The molecule has 9 heteroatoms. The quantitative estimate of drug-likeness (QED) is 0.217. The summed E-state index contributed by atoms with van der Waals surface area (Å²) in [6, 6.07) is 0. The zero-order chi connectivity index (χ0) is 9.49. The van der Waals surface area contributed by atoms with Crippen LogP contribution in [0.2, 0.25) is 0 Å². The predicted octanol–water partition coefficient (Wildman–Crippen LogP) is -2.75. The van der Waals surface area contributed by atoms with Crippen molar-refractivity contribution in [1.82, 2.24) is 0 Å². The van der Waals surface area contributed by atoms with Crippen LogP contribution < -0.4 is 0 Å². The third kappa shape index (κ3) is 45.3. The number of phosphoric acid groups is 1. The minimum absolute atomic E-state index is 0. The monoisotopic (exact) mass is 216 g/mol. The van der Waals surface area contributed by atoms with Crippen LogP contribution in [-0.4, -0.2) is 72.4 Å². The van der Waals surface area contributed by atoms with E-state index < -0.39 is 13.9 Å². The number of hydrogen-bond donors (Lipinski definition) is 6. The van der Waals surface area contributed by atoms with Gasteiger partial charge in [0.05, 0.1) is 13.2 Å². The van der Waals surface area contributed by atoms with Crippen LogP contribution in [0.15, 0.2) is 0 Å². The summed E-state index contributed by atoms with van der Waals surface area (Å²) in [5.41, 5.74) is 0. The molecule has 0 fully saturated rings. The Morgan fingerprint density at radius 3 is 1.33 bits per heavy atom. The molecule has 0 atom stereocenters. The van der Waals surface area contributed by atoms with Gasteiger partial charge in [0.1, 0.15) is 6.10 Å². The molecular formula is C3H13MgO7P. The van der Waals surface area contributed by atoms with E-state index in [-0.39, 0.29) is 39.1 Å². The van der Waals surface area contributed by atoms with E-state index in [0.29, 0.717) is 0 Å². The zero-order valence-electron chi connectivity index (χ0n) is 8.24. The molecule has 0 aromatic carbocycles. The molecule has 0 saturated carbocycles. The van der Waals surface area contributed by atoms with Crippen molar-refractivity contribution in [2.75, 3.05) is 13.2 Å². The van der Waals surface area contributed by atoms with Crippen LogP contribution in [0.5, 0.6) is 0 Å². The van der Waals surface area contributed by atoms with E-state index >= 15 is 0 Å². The van der Waals surface area contributed by atoms with Crippen LogP contribution in [0.3, 0.4) is 0 Å². The maximum atomic E-state index is 8.88. The number of hydrogen-bond acceptors (Lipinski definition) is 4. The first-order valence-corrected chi connectivity index (χ1v) is 4.05. The minimum Gasteiger partial charge on any atom is -1.00 e. The largest absolute Gasteiger partial charge is 2.00 e. The van der Waals surface area contributed by atoms with E-state index in [1.54, 1.807) is 0 Å². The van der Waals surface area contributed by atoms with Gasteiger partial charge in [-0.1, -0.05) is 0 Å². The van der Waals surface area contributed by atoms with Crippen molar-refractivity contribution in [2.24, 2.45) is 0 Å². The van der Waals surface area contributed by atoms with Crippen molar-refractivity contribution < 1.29 is 37.4 Å². The standard InChI is InChI=1S/C3H8O3.Mg.H3O4P.2H/c4-1-3(6)2-5;;1-5(2,3)4;;/h3-6H,1-2H2;;(H3,1,2,3,4);;/q;+2;;2*-1. The Bertz CT molecular complexity index is 120. The summed E-state index contributed by atoms with van der Waals surface area (Å²) in [6.07, 6.45) is -0.954. The zero-order valence-corrected chi connectivity index (χ0v) is 8.55. The molecule has 0 spiro atoms. The Labute approximate surface area is 88.0 Å². The predicted molar refractivity (Wildman–Crippen MR) is 42.4 cm³/mol. The smallest absolute Gasteiger partial charge is 1.00 e. The van der Waals surface area contributed by atoms with Crippen LogP contribution in [0.1, 0.15) is 2.85 Å². The third-order valence-corrected chi connectivity index (χ3v) is 0.421. The summed E-state index contributed by atoms with van der Waals surface area (Å²) in [5.74, 6) is 0. The van der Waals surface area contributed by atoms with Crippen molar-refractivity contribution in [3.63, 3.8) is 0 Å². The van der Waals surface area contributed by atoms with Crippen LogP contribution >= 0.6 is 7.82 Å². The van der Waals surface area contributed by atoms with Gasteiger partial charge >= 0.3 is 30.9 Å². The fraction of sp³-hybridized carbons (Fsp3) is 1.00. The molecule has 0 saturated heterocycles. The summed E-state index contributed by atoms with van der Waals surface area (Å²) in [4.78, 5) is 21.6. The molecule has 0 aromatic rings. The normalized spacial score (nSPS) is 9.92. The summed E-state index contributed by atoms with van der Waals surface area (Å²) in [5, 5.41) is 24.0. The van der Waals surface area contributed by atoms with E-state index in [9.17, 15) is 0 Å². The van der Waals surface area contributed by atoms with Gasteiger partial charge in [-0.25, -0.2) is 4.57 Å². The SMILES string of the molecule is O=P(O)(O)O.OCC(O)CO.[H-].[H-].[Mg+2]. The van der Waals surface area contributed by atoms with Crippen molar-refractivity contribution in [1.29, 1.82) is 0 Å². The van der Waals surface area contributed by atoms with Gasteiger partial charge in [0, 0.05) is 0 Å². The number of aliphatic hydroxyl groups is 3. The second kappa shape index (κ2) is 9.84. The summed E-state index contributed by atoms with van der Waals surface area (Å²) < 4.78 is 8.88. The topological polar surface area (TPSA) is 138 Å². The van der Waals surface area contributed by atoms with Gasteiger partial charge in [0.25, 0.3) is 0 Å². The Morgan fingerprint density at radius 1 is 1.17 bits per heavy atom. The molecular weight excluding hydrogens is 203 g/mol. The maximum Gasteiger partial charge on any atom is 2.00 e. The summed E-state index contributed by atoms with van der Waals surface area (Å²) >= 11 is 0.